The van der Waals surface area contributed by atoms with E-state index in [1.807, 2.05) is 24.3 Å². The SMILES string of the molecule is CCCC1CCCCN1Cc1ccccc1C(=O)OC. The largest absolute Gasteiger partial charge is 0.465 e. The van der Waals surface area contributed by atoms with E-state index < -0.39 is 0 Å². The first-order chi connectivity index (χ1) is 9.76. The molecule has 0 aliphatic carbocycles. The summed E-state index contributed by atoms with van der Waals surface area (Å²) in [6.07, 6.45) is 6.36. The molecule has 0 spiro atoms. The Morgan fingerprint density at radius 2 is 2.15 bits per heavy atom. The van der Waals surface area contributed by atoms with E-state index in [0.717, 1.165) is 18.7 Å². The first-order valence-corrected chi connectivity index (χ1v) is 7.66. The van der Waals surface area contributed by atoms with Crippen LogP contribution >= 0.6 is 0 Å². The van der Waals surface area contributed by atoms with Gasteiger partial charge >= 0.3 is 5.97 Å². The van der Waals surface area contributed by atoms with E-state index in [2.05, 4.69) is 11.8 Å². The van der Waals surface area contributed by atoms with Gasteiger partial charge in [-0.3, -0.25) is 4.90 Å². The number of hydrogen-bond donors (Lipinski definition) is 0. The molecule has 0 radical (unpaired) electrons. The van der Waals surface area contributed by atoms with Gasteiger partial charge in [0.1, 0.15) is 0 Å². The number of rotatable bonds is 5. The molecule has 0 bridgehead atoms. The minimum Gasteiger partial charge on any atom is -0.465 e. The molecule has 1 saturated heterocycles. The topological polar surface area (TPSA) is 29.5 Å². The number of carbonyl (C=O) groups is 1. The second-order valence-electron chi connectivity index (χ2n) is 5.56. The molecule has 1 aromatic rings. The summed E-state index contributed by atoms with van der Waals surface area (Å²) in [6.45, 7) is 4.24. The average Bonchev–Trinajstić information content (AvgIpc) is 2.49. The maximum Gasteiger partial charge on any atom is 0.338 e. The van der Waals surface area contributed by atoms with Gasteiger partial charge in [0.2, 0.25) is 0 Å². The molecule has 1 fully saturated rings. The summed E-state index contributed by atoms with van der Waals surface area (Å²) in [5.74, 6) is -0.232. The van der Waals surface area contributed by atoms with Crippen molar-refractivity contribution in [1.82, 2.24) is 4.90 Å². The number of hydrogen-bond acceptors (Lipinski definition) is 3. The maximum atomic E-state index is 11.8. The van der Waals surface area contributed by atoms with Crippen molar-refractivity contribution >= 4 is 5.97 Å². The van der Waals surface area contributed by atoms with Gasteiger partial charge < -0.3 is 4.74 Å². The predicted octanol–water partition coefficient (Wildman–Crippen LogP) is 3.63. The summed E-state index contributed by atoms with van der Waals surface area (Å²) < 4.78 is 4.88. The molecule has 110 valence electrons. The van der Waals surface area contributed by atoms with Crippen molar-refractivity contribution in [3.63, 3.8) is 0 Å². The third kappa shape index (κ3) is 3.60. The fourth-order valence-corrected chi connectivity index (χ4v) is 3.11. The van der Waals surface area contributed by atoms with Gasteiger partial charge in [-0.05, 0) is 37.4 Å². The summed E-state index contributed by atoms with van der Waals surface area (Å²) in [5, 5.41) is 0. The van der Waals surface area contributed by atoms with Gasteiger partial charge in [-0.15, -0.1) is 0 Å². The Hall–Kier alpha value is -1.35. The van der Waals surface area contributed by atoms with Crippen molar-refractivity contribution < 1.29 is 9.53 Å². The molecule has 1 aliphatic heterocycles. The second kappa shape index (κ2) is 7.44. The monoisotopic (exact) mass is 275 g/mol. The van der Waals surface area contributed by atoms with Gasteiger partial charge in [0.25, 0.3) is 0 Å². The van der Waals surface area contributed by atoms with E-state index >= 15 is 0 Å². The minimum absolute atomic E-state index is 0.232. The Kier molecular flexibility index (Phi) is 5.60. The normalized spacial score (nSPS) is 19.8. The highest BCUT2D eigenvalue weighted by atomic mass is 16.5. The van der Waals surface area contributed by atoms with Gasteiger partial charge in [0.05, 0.1) is 12.7 Å². The van der Waals surface area contributed by atoms with Crippen molar-refractivity contribution in [2.24, 2.45) is 0 Å². The Balaban J connectivity index is 2.13. The minimum atomic E-state index is -0.232. The number of likely N-dealkylation sites (tertiary alicyclic amines) is 1. The van der Waals surface area contributed by atoms with Crippen LogP contribution in [0.5, 0.6) is 0 Å². The van der Waals surface area contributed by atoms with Crippen molar-refractivity contribution in [2.75, 3.05) is 13.7 Å². The summed E-state index contributed by atoms with van der Waals surface area (Å²) in [6, 6.07) is 8.47. The van der Waals surface area contributed by atoms with Gasteiger partial charge in [-0.2, -0.15) is 0 Å². The van der Waals surface area contributed by atoms with E-state index in [0.29, 0.717) is 11.6 Å². The molecule has 1 unspecified atom stereocenters. The Morgan fingerprint density at radius 1 is 1.35 bits per heavy atom. The lowest BCUT2D eigenvalue weighted by molar-refractivity contribution is 0.0596. The number of esters is 1. The maximum absolute atomic E-state index is 11.8. The van der Waals surface area contributed by atoms with Crippen LogP contribution in [0.1, 0.15) is 54.9 Å². The van der Waals surface area contributed by atoms with Crippen molar-refractivity contribution in [3.8, 4) is 0 Å². The standard InChI is InChI=1S/C17H25NO2/c1-3-8-15-10-6-7-12-18(15)13-14-9-4-5-11-16(14)17(19)20-2/h4-5,9,11,15H,3,6-8,10,12-13H2,1-2H3. The molecule has 0 aromatic heterocycles. The summed E-state index contributed by atoms with van der Waals surface area (Å²) in [5.41, 5.74) is 1.79. The molecule has 0 saturated carbocycles. The van der Waals surface area contributed by atoms with Gasteiger partial charge in [0.15, 0.2) is 0 Å². The van der Waals surface area contributed by atoms with E-state index in [1.54, 1.807) is 0 Å². The molecule has 1 atom stereocenters. The zero-order valence-corrected chi connectivity index (χ0v) is 12.6. The summed E-state index contributed by atoms with van der Waals surface area (Å²) in [7, 11) is 1.44. The fraction of sp³-hybridized carbons (Fsp3) is 0.588. The molecule has 1 aromatic carbocycles. The van der Waals surface area contributed by atoms with Gasteiger partial charge in [-0.1, -0.05) is 38.0 Å². The highest BCUT2D eigenvalue weighted by Crippen LogP contribution is 2.24. The van der Waals surface area contributed by atoms with Crippen LogP contribution in [0, 0.1) is 0 Å². The van der Waals surface area contributed by atoms with E-state index in [4.69, 9.17) is 4.74 Å². The first-order valence-electron chi connectivity index (χ1n) is 7.66. The Bertz CT molecular complexity index is 442. The zero-order chi connectivity index (χ0) is 14.4. The number of benzene rings is 1. The molecule has 1 heterocycles. The quantitative estimate of drug-likeness (QED) is 0.769. The lowest BCUT2D eigenvalue weighted by Crippen LogP contribution is -2.39. The van der Waals surface area contributed by atoms with Crippen LogP contribution in [0.2, 0.25) is 0 Å². The highest BCUT2D eigenvalue weighted by Gasteiger charge is 2.23. The van der Waals surface area contributed by atoms with Crippen molar-refractivity contribution in [2.45, 2.75) is 51.6 Å². The Morgan fingerprint density at radius 3 is 2.90 bits per heavy atom. The molecule has 3 heteroatoms. The zero-order valence-electron chi connectivity index (χ0n) is 12.6. The van der Waals surface area contributed by atoms with Crippen LogP contribution in [-0.4, -0.2) is 30.6 Å². The summed E-state index contributed by atoms with van der Waals surface area (Å²) >= 11 is 0. The molecule has 2 rings (SSSR count). The first kappa shape index (κ1) is 15.0. The number of ether oxygens (including phenoxy) is 1. The van der Waals surface area contributed by atoms with Crippen molar-refractivity contribution in [3.05, 3.63) is 35.4 Å². The second-order valence-corrected chi connectivity index (χ2v) is 5.56. The third-order valence-corrected chi connectivity index (χ3v) is 4.17. The van der Waals surface area contributed by atoms with Crippen LogP contribution in [-0.2, 0) is 11.3 Å². The molecule has 0 amide bonds. The van der Waals surface area contributed by atoms with Crippen LogP contribution < -0.4 is 0 Å². The molecule has 0 N–H and O–H groups in total. The number of nitrogens with zero attached hydrogens (tertiary/aromatic N) is 1. The van der Waals surface area contributed by atoms with Crippen LogP contribution in [0.25, 0.3) is 0 Å². The average molecular weight is 275 g/mol. The van der Waals surface area contributed by atoms with E-state index in [9.17, 15) is 4.79 Å². The summed E-state index contributed by atoms with van der Waals surface area (Å²) in [4.78, 5) is 14.4. The predicted molar refractivity (Wildman–Crippen MR) is 80.7 cm³/mol. The van der Waals surface area contributed by atoms with Crippen LogP contribution in [0.15, 0.2) is 24.3 Å². The molecule has 20 heavy (non-hydrogen) atoms. The third-order valence-electron chi connectivity index (χ3n) is 4.17. The number of carbonyl (C=O) groups excluding carboxylic acids is 1. The highest BCUT2D eigenvalue weighted by molar-refractivity contribution is 5.90. The number of methoxy groups -OCH3 is 1. The number of piperidine rings is 1. The lowest BCUT2D eigenvalue weighted by Gasteiger charge is -2.36. The molecule has 1 aliphatic rings. The van der Waals surface area contributed by atoms with E-state index in [1.165, 1.54) is 39.2 Å². The molecular weight excluding hydrogens is 250 g/mol. The van der Waals surface area contributed by atoms with Crippen LogP contribution in [0.4, 0.5) is 0 Å². The van der Waals surface area contributed by atoms with Crippen molar-refractivity contribution in [1.29, 1.82) is 0 Å². The van der Waals surface area contributed by atoms with Gasteiger partial charge in [0, 0.05) is 12.6 Å². The molecule has 3 nitrogen and oxygen atoms in total. The van der Waals surface area contributed by atoms with Gasteiger partial charge in [-0.25, -0.2) is 4.79 Å². The Labute approximate surface area is 121 Å². The smallest absolute Gasteiger partial charge is 0.338 e. The lowest BCUT2D eigenvalue weighted by atomic mass is 9.96. The van der Waals surface area contributed by atoms with E-state index in [-0.39, 0.29) is 5.97 Å². The van der Waals surface area contributed by atoms with Crippen LogP contribution in [0.3, 0.4) is 0 Å². The molecular formula is C17H25NO2. The fourth-order valence-electron chi connectivity index (χ4n) is 3.11.